The van der Waals surface area contributed by atoms with Gasteiger partial charge in [0.1, 0.15) is 0 Å². The Morgan fingerprint density at radius 2 is 2.09 bits per heavy atom. The molecular weight excluding hydrogens is 138 g/mol. The third-order valence-corrected chi connectivity index (χ3v) is 3.12. The molecule has 0 bridgehead atoms. The third-order valence-electron chi connectivity index (χ3n) is 3.12. The molecule has 2 aliphatic rings. The van der Waals surface area contributed by atoms with Crippen LogP contribution in [0, 0.1) is 17.3 Å². The van der Waals surface area contributed by atoms with E-state index in [0.717, 1.165) is 0 Å². The minimum atomic E-state index is 0.279. The van der Waals surface area contributed by atoms with E-state index in [4.69, 9.17) is 0 Å². The molecule has 2 fully saturated rings. The topological polar surface area (TPSA) is 29.1 Å². The fourth-order valence-electron chi connectivity index (χ4n) is 2.24. The number of nitrogens with one attached hydrogen (secondary N) is 1. The van der Waals surface area contributed by atoms with Gasteiger partial charge in [0.15, 0.2) is 0 Å². The summed E-state index contributed by atoms with van der Waals surface area (Å²) in [5.41, 5.74) is 0.318. The Morgan fingerprint density at radius 3 is 2.36 bits per heavy atom. The molecule has 1 amide bonds. The molecule has 0 aromatic rings. The van der Waals surface area contributed by atoms with Crippen molar-refractivity contribution in [2.75, 3.05) is 0 Å². The molecule has 62 valence electrons. The zero-order valence-electron chi connectivity index (χ0n) is 7.35. The summed E-state index contributed by atoms with van der Waals surface area (Å²) in [4.78, 5) is 11.0. The number of hydrogen-bond acceptors (Lipinski definition) is 1. The second-order valence-corrected chi connectivity index (χ2v) is 4.85. The molecule has 1 heterocycles. The van der Waals surface area contributed by atoms with Gasteiger partial charge in [0.05, 0.1) is 5.92 Å². The number of β-lactam (4-membered cyclic amide) rings is 1. The van der Waals surface area contributed by atoms with E-state index in [1.807, 2.05) is 0 Å². The van der Waals surface area contributed by atoms with Crippen molar-refractivity contribution >= 4 is 5.91 Å². The van der Waals surface area contributed by atoms with Crippen molar-refractivity contribution in [2.45, 2.75) is 33.2 Å². The lowest BCUT2D eigenvalue weighted by Gasteiger charge is -2.56. The first-order chi connectivity index (χ1) is 5.00. The predicted octanol–water partition coefficient (Wildman–Crippen LogP) is 1.17. The molecular formula is C9H15NO. The van der Waals surface area contributed by atoms with Gasteiger partial charge in [-0.3, -0.25) is 4.79 Å². The van der Waals surface area contributed by atoms with Gasteiger partial charge in [0.2, 0.25) is 5.91 Å². The average molecular weight is 153 g/mol. The molecule has 0 aromatic carbocycles. The SMILES string of the molecule is CC(C)(C)[C@H]1C[C@H]2NC(=O)[C@H]21. The number of hydrogen-bond donors (Lipinski definition) is 1. The lowest BCUT2D eigenvalue weighted by atomic mass is 9.55. The van der Waals surface area contributed by atoms with Crippen LogP contribution in [0.15, 0.2) is 0 Å². The van der Waals surface area contributed by atoms with Crippen LogP contribution >= 0.6 is 0 Å². The van der Waals surface area contributed by atoms with E-state index in [0.29, 0.717) is 23.3 Å². The zero-order valence-corrected chi connectivity index (χ0v) is 7.35. The minimum absolute atomic E-state index is 0.279. The fourth-order valence-corrected chi connectivity index (χ4v) is 2.24. The van der Waals surface area contributed by atoms with Crippen LogP contribution in [-0.4, -0.2) is 11.9 Å². The zero-order chi connectivity index (χ0) is 8.22. The van der Waals surface area contributed by atoms with Crippen molar-refractivity contribution in [3.8, 4) is 0 Å². The van der Waals surface area contributed by atoms with Crippen LogP contribution in [0.1, 0.15) is 27.2 Å². The van der Waals surface area contributed by atoms with E-state index >= 15 is 0 Å². The van der Waals surface area contributed by atoms with Crippen LogP contribution in [0.3, 0.4) is 0 Å². The fraction of sp³-hybridized carbons (Fsp3) is 0.889. The smallest absolute Gasteiger partial charge is 0.225 e. The molecule has 2 heteroatoms. The molecule has 1 aliphatic heterocycles. The normalized spacial score (nSPS) is 41.7. The molecule has 0 spiro atoms. The standard InChI is InChI=1S/C9H15NO/c1-9(2,3)5-4-6-7(5)8(11)10-6/h5-7H,4H2,1-3H3,(H,10,11)/t5-,6+,7-/m0/s1. The first-order valence-corrected chi connectivity index (χ1v) is 4.30. The lowest BCUT2D eigenvalue weighted by molar-refractivity contribution is -0.154. The Morgan fingerprint density at radius 1 is 1.45 bits per heavy atom. The summed E-state index contributed by atoms with van der Waals surface area (Å²) in [5.74, 6) is 1.26. The van der Waals surface area contributed by atoms with Gasteiger partial charge in [-0.25, -0.2) is 0 Å². The maximum Gasteiger partial charge on any atom is 0.225 e. The summed E-state index contributed by atoms with van der Waals surface area (Å²) in [5, 5.41) is 2.91. The molecule has 0 unspecified atom stereocenters. The van der Waals surface area contributed by atoms with E-state index in [1.54, 1.807) is 0 Å². The van der Waals surface area contributed by atoms with Crippen molar-refractivity contribution in [3.63, 3.8) is 0 Å². The molecule has 0 radical (unpaired) electrons. The highest BCUT2D eigenvalue weighted by atomic mass is 16.2. The molecule has 1 saturated carbocycles. The Labute approximate surface area is 67.4 Å². The summed E-state index contributed by atoms with van der Waals surface area (Å²) < 4.78 is 0. The molecule has 2 nitrogen and oxygen atoms in total. The number of carbonyl (C=O) groups excluding carboxylic acids is 1. The Balaban J connectivity index is 2.05. The lowest BCUT2D eigenvalue weighted by Crippen LogP contribution is -2.70. The van der Waals surface area contributed by atoms with Gasteiger partial charge in [-0.1, -0.05) is 20.8 Å². The number of amides is 1. The van der Waals surface area contributed by atoms with Crippen LogP contribution in [-0.2, 0) is 4.79 Å². The van der Waals surface area contributed by atoms with Crippen molar-refractivity contribution < 1.29 is 4.79 Å². The van der Waals surface area contributed by atoms with Gasteiger partial charge in [-0.15, -0.1) is 0 Å². The predicted molar refractivity (Wildman–Crippen MR) is 43.0 cm³/mol. The largest absolute Gasteiger partial charge is 0.352 e. The Hall–Kier alpha value is -0.530. The van der Waals surface area contributed by atoms with Crippen LogP contribution in [0.25, 0.3) is 0 Å². The van der Waals surface area contributed by atoms with E-state index in [2.05, 4.69) is 26.1 Å². The van der Waals surface area contributed by atoms with Gasteiger partial charge >= 0.3 is 0 Å². The van der Waals surface area contributed by atoms with Crippen LogP contribution < -0.4 is 5.32 Å². The van der Waals surface area contributed by atoms with Gasteiger partial charge < -0.3 is 5.32 Å². The average Bonchev–Trinajstić information content (AvgIpc) is 1.77. The third kappa shape index (κ3) is 0.815. The van der Waals surface area contributed by atoms with Crippen molar-refractivity contribution in [3.05, 3.63) is 0 Å². The van der Waals surface area contributed by atoms with Crippen LogP contribution in [0.4, 0.5) is 0 Å². The van der Waals surface area contributed by atoms with Crippen molar-refractivity contribution in [1.82, 2.24) is 5.32 Å². The van der Waals surface area contributed by atoms with Gasteiger partial charge in [0.25, 0.3) is 0 Å². The van der Waals surface area contributed by atoms with Crippen LogP contribution in [0.5, 0.6) is 0 Å². The summed E-state index contributed by atoms with van der Waals surface area (Å²) in [6.45, 7) is 6.67. The first-order valence-electron chi connectivity index (χ1n) is 4.30. The second kappa shape index (κ2) is 1.79. The van der Waals surface area contributed by atoms with Crippen LogP contribution in [0.2, 0.25) is 0 Å². The number of piperidine rings is 1. The summed E-state index contributed by atoms with van der Waals surface area (Å²) in [7, 11) is 0. The quantitative estimate of drug-likeness (QED) is 0.520. The molecule has 1 aliphatic carbocycles. The Kier molecular flexibility index (Phi) is 1.16. The molecule has 3 atom stereocenters. The number of rotatable bonds is 0. The second-order valence-electron chi connectivity index (χ2n) is 4.85. The van der Waals surface area contributed by atoms with Gasteiger partial charge in [0, 0.05) is 6.04 Å². The maximum atomic E-state index is 11.0. The van der Waals surface area contributed by atoms with E-state index in [1.165, 1.54) is 6.42 Å². The highest BCUT2D eigenvalue weighted by Crippen LogP contribution is 2.50. The highest BCUT2D eigenvalue weighted by Gasteiger charge is 2.57. The number of fused-ring (bicyclic) bond motifs is 1. The van der Waals surface area contributed by atoms with Crippen molar-refractivity contribution in [1.29, 1.82) is 0 Å². The summed E-state index contributed by atoms with van der Waals surface area (Å²) in [6.07, 6.45) is 1.19. The first kappa shape index (κ1) is 7.14. The molecule has 0 aromatic heterocycles. The van der Waals surface area contributed by atoms with E-state index in [-0.39, 0.29) is 5.91 Å². The summed E-state index contributed by atoms with van der Waals surface area (Å²) in [6, 6.07) is 0.534. The highest BCUT2D eigenvalue weighted by molar-refractivity contribution is 5.87. The van der Waals surface area contributed by atoms with Gasteiger partial charge in [-0.2, -0.15) is 0 Å². The van der Waals surface area contributed by atoms with E-state index < -0.39 is 0 Å². The molecule has 11 heavy (non-hydrogen) atoms. The molecule has 1 saturated heterocycles. The van der Waals surface area contributed by atoms with Gasteiger partial charge in [-0.05, 0) is 17.8 Å². The summed E-state index contributed by atoms with van der Waals surface area (Å²) >= 11 is 0. The van der Waals surface area contributed by atoms with E-state index in [9.17, 15) is 4.79 Å². The number of carbonyl (C=O) groups is 1. The van der Waals surface area contributed by atoms with Crippen molar-refractivity contribution in [2.24, 2.45) is 17.3 Å². The molecule has 1 N–H and O–H groups in total. The Bertz CT molecular complexity index is 204. The monoisotopic (exact) mass is 153 g/mol. The minimum Gasteiger partial charge on any atom is -0.352 e. The maximum absolute atomic E-state index is 11.0. The molecule has 2 rings (SSSR count).